The second kappa shape index (κ2) is 8.61. The molecule has 1 heterocycles. The number of carboxylic acid groups (broad SMARTS) is 1. The van der Waals surface area contributed by atoms with E-state index in [0.29, 0.717) is 12.1 Å². The van der Waals surface area contributed by atoms with E-state index in [1.165, 1.54) is 4.90 Å². The molecule has 0 saturated carbocycles. The number of aromatic nitrogens is 1. The van der Waals surface area contributed by atoms with Crippen molar-refractivity contribution < 1.29 is 14.7 Å². The summed E-state index contributed by atoms with van der Waals surface area (Å²) in [6, 6.07) is 11.1. The van der Waals surface area contributed by atoms with Gasteiger partial charge in [0.05, 0.1) is 6.04 Å². The Balaban J connectivity index is 2.24. The van der Waals surface area contributed by atoms with Crippen molar-refractivity contribution in [2.75, 3.05) is 6.54 Å². The van der Waals surface area contributed by atoms with Crippen molar-refractivity contribution in [3.63, 3.8) is 0 Å². The van der Waals surface area contributed by atoms with E-state index in [1.54, 1.807) is 23.9 Å². The van der Waals surface area contributed by atoms with Crippen LogP contribution >= 0.6 is 15.9 Å². The SMILES string of the molecule is Cn1cc(Br)cc1C(=O)NC(Cc1ccccc1)CN(C(=O)O)C(C)(C)C. The Hall–Kier alpha value is -2.28. The fourth-order valence-corrected chi connectivity index (χ4v) is 3.45. The zero-order chi connectivity index (χ0) is 20.2. The number of rotatable bonds is 6. The van der Waals surface area contributed by atoms with Crippen molar-refractivity contribution in [2.45, 2.75) is 38.8 Å². The van der Waals surface area contributed by atoms with Crippen molar-refractivity contribution in [3.8, 4) is 0 Å². The number of carbonyl (C=O) groups excluding carboxylic acids is 1. The maximum absolute atomic E-state index is 12.8. The molecule has 0 fully saturated rings. The second-order valence-electron chi connectivity index (χ2n) is 7.58. The number of amides is 2. The van der Waals surface area contributed by atoms with E-state index in [1.807, 2.05) is 51.1 Å². The Bertz CT molecular complexity index is 797. The zero-order valence-corrected chi connectivity index (χ0v) is 17.7. The molecule has 1 unspecified atom stereocenters. The highest BCUT2D eigenvalue weighted by Crippen LogP contribution is 2.17. The highest BCUT2D eigenvalue weighted by atomic mass is 79.9. The van der Waals surface area contributed by atoms with Gasteiger partial charge in [-0.2, -0.15) is 0 Å². The van der Waals surface area contributed by atoms with Crippen molar-refractivity contribution in [1.82, 2.24) is 14.8 Å². The Kier molecular flexibility index (Phi) is 6.70. The van der Waals surface area contributed by atoms with Gasteiger partial charge >= 0.3 is 6.09 Å². The molecule has 1 aromatic carbocycles. The van der Waals surface area contributed by atoms with Crippen LogP contribution in [0.25, 0.3) is 0 Å². The minimum absolute atomic E-state index is 0.199. The van der Waals surface area contributed by atoms with Gasteiger partial charge in [0.25, 0.3) is 5.91 Å². The van der Waals surface area contributed by atoms with Gasteiger partial charge in [0.15, 0.2) is 0 Å². The van der Waals surface area contributed by atoms with Crippen LogP contribution < -0.4 is 5.32 Å². The Morgan fingerprint density at radius 3 is 2.37 bits per heavy atom. The first-order valence-electron chi connectivity index (χ1n) is 8.75. The number of aryl methyl sites for hydroxylation is 1. The van der Waals surface area contributed by atoms with E-state index >= 15 is 0 Å². The fraction of sp³-hybridized carbons (Fsp3) is 0.400. The Morgan fingerprint density at radius 1 is 1.26 bits per heavy atom. The summed E-state index contributed by atoms with van der Waals surface area (Å²) >= 11 is 3.37. The molecular formula is C20H26BrN3O3. The molecule has 1 aromatic heterocycles. The first-order chi connectivity index (χ1) is 12.6. The number of halogens is 1. The molecular weight excluding hydrogens is 410 g/mol. The van der Waals surface area contributed by atoms with E-state index in [4.69, 9.17) is 0 Å². The number of nitrogens with zero attached hydrogens (tertiary/aromatic N) is 2. The highest BCUT2D eigenvalue weighted by Gasteiger charge is 2.30. The van der Waals surface area contributed by atoms with Crippen LogP contribution in [0.5, 0.6) is 0 Å². The number of benzene rings is 1. The molecule has 2 N–H and O–H groups in total. The molecule has 2 rings (SSSR count). The molecule has 6 nitrogen and oxygen atoms in total. The van der Waals surface area contributed by atoms with E-state index in [0.717, 1.165) is 10.0 Å². The van der Waals surface area contributed by atoms with Gasteiger partial charge in [0.1, 0.15) is 5.69 Å². The van der Waals surface area contributed by atoms with E-state index in [2.05, 4.69) is 21.2 Å². The second-order valence-corrected chi connectivity index (χ2v) is 8.49. The van der Waals surface area contributed by atoms with Gasteiger partial charge in [-0.3, -0.25) is 4.79 Å². The fourth-order valence-electron chi connectivity index (χ4n) is 2.93. The maximum atomic E-state index is 12.8. The predicted molar refractivity (Wildman–Crippen MR) is 109 cm³/mol. The molecule has 27 heavy (non-hydrogen) atoms. The van der Waals surface area contributed by atoms with E-state index in [9.17, 15) is 14.7 Å². The molecule has 7 heteroatoms. The first kappa shape index (κ1) is 21.0. The average molecular weight is 436 g/mol. The van der Waals surface area contributed by atoms with Crippen LogP contribution in [0.3, 0.4) is 0 Å². The smallest absolute Gasteiger partial charge is 0.407 e. The number of hydrogen-bond acceptors (Lipinski definition) is 2. The van der Waals surface area contributed by atoms with Crippen LogP contribution in [0.2, 0.25) is 0 Å². The lowest BCUT2D eigenvalue weighted by atomic mass is 10.0. The lowest BCUT2D eigenvalue weighted by Gasteiger charge is -2.36. The molecule has 0 aliphatic heterocycles. The average Bonchev–Trinajstić information content (AvgIpc) is 2.90. The molecule has 146 valence electrons. The summed E-state index contributed by atoms with van der Waals surface area (Å²) in [5.41, 5.74) is 0.979. The monoisotopic (exact) mass is 435 g/mol. The quantitative estimate of drug-likeness (QED) is 0.721. The zero-order valence-electron chi connectivity index (χ0n) is 16.1. The van der Waals surface area contributed by atoms with Crippen LogP contribution in [-0.2, 0) is 13.5 Å². The number of carbonyl (C=O) groups is 2. The molecule has 0 radical (unpaired) electrons. The topological polar surface area (TPSA) is 74.6 Å². The normalized spacial score (nSPS) is 12.5. The lowest BCUT2D eigenvalue weighted by Crippen LogP contribution is -2.53. The molecule has 0 spiro atoms. The Labute approximate surface area is 168 Å². The highest BCUT2D eigenvalue weighted by molar-refractivity contribution is 9.10. The summed E-state index contributed by atoms with van der Waals surface area (Å²) in [6.45, 7) is 5.73. The van der Waals surface area contributed by atoms with Crippen LogP contribution in [0.4, 0.5) is 4.79 Å². The largest absolute Gasteiger partial charge is 0.465 e. The first-order valence-corrected chi connectivity index (χ1v) is 9.54. The minimum Gasteiger partial charge on any atom is -0.465 e. The minimum atomic E-state index is -1.00. The maximum Gasteiger partial charge on any atom is 0.407 e. The van der Waals surface area contributed by atoms with Crippen LogP contribution in [0.15, 0.2) is 47.1 Å². The van der Waals surface area contributed by atoms with Crippen molar-refractivity contribution in [1.29, 1.82) is 0 Å². The van der Waals surface area contributed by atoms with Gasteiger partial charge < -0.3 is 19.9 Å². The molecule has 0 aliphatic carbocycles. The third-order valence-electron chi connectivity index (χ3n) is 4.31. The summed E-state index contributed by atoms with van der Waals surface area (Å²) in [6.07, 6.45) is 1.34. The van der Waals surface area contributed by atoms with Crippen molar-refractivity contribution in [2.24, 2.45) is 7.05 Å². The molecule has 1 atom stereocenters. The van der Waals surface area contributed by atoms with Crippen LogP contribution in [0, 0.1) is 0 Å². The van der Waals surface area contributed by atoms with Gasteiger partial charge in [-0.1, -0.05) is 30.3 Å². The van der Waals surface area contributed by atoms with Gasteiger partial charge in [0.2, 0.25) is 0 Å². The molecule has 2 aromatic rings. The molecule has 0 bridgehead atoms. The van der Waals surface area contributed by atoms with Gasteiger partial charge in [-0.25, -0.2) is 4.79 Å². The summed E-state index contributed by atoms with van der Waals surface area (Å²) in [4.78, 5) is 25.9. The predicted octanol–water partition coefficient (Wildman–Crippen LogP) is 3.91. The van der Waals surface area contributed by atoms with Crippen molar-refractivity contribution >= 4 is 27.9 Å². The molecule has 0 aliphatic rings. The lowest BCUT2D eigenvalue weighted by molar-refractivity contribution is 0.0817. The van der Waals surface area contributed by atoms with E-state index in [-0.39, 0.29) is 18.5 Å². The molecule has 2 amide bonds. The summed E-state index contributed by atoms with van der Waals surface area (Å²) < 4.78 is 2.55. The van der Waals surface area contributed by atoms with Crippen molar-refractivity contribution in [3.05, 3.63) is 58.3 Å². The van der Waals surface area contributed by atoms with Crippen LogP contribution in [0.1, 0.15) is 36.8 Å². The summed E-state index contributed by atoms with van der Waals surface area (Å²) in [5.74, 6) is -0.233. The summed E-state index contributed by atoms with van der Waals surface area (Å²) in [5, 5.41) is 12.6. The van der Waals surface area contributed by atoms with Gasteiger partial charge in [-0.15, -0.1) is 0 Å². The third kappa shape index (κ3) is 5.85. The number of nitrogens with one attached hydrogen (secondary N) is 1. The molecule has 0 saturated heterocycles. The third-order valence-corrected chi connectivity index (χ3v) is 4.74. The van der Waals surface area contributed by atoms with Crippen LogP contribution in [-0.4, -0.2) is 44.7 Å². The number of hydrogen-bond donors (Lipinski definition) is 2. The standard InChI is InChI=1S/C20H26BrN3O3/c1-20(2,3)24(19(26)27)13-16(10-14-8-6-5-7-9-14)22-18(25)17-11-15(21)12-23(17)4/h5-9,11-12,16H,10,13H2,1-4H3,(H,22,25)(H,26,27). The van der Waals surface area contributed by atoms with E-state index < -0.39 is 11.6 Å². The van der Waals surface area contributed by atoms with Gasteiger partial charge in [0, 0.05) is 29.8 Å². The van der Waals surface area contributed by atoms with Gasteiger partial charge in [-0.05, 0) is 54.8 Å². The Morgan fingerprint density at radius 2 is 1.89 bits per heavy atom. The summed E-state index contributed by atoms with van der Waals surface area (Å²) in [7, 11) is 1.80.